The second kappa shape index (κ2) is 5.93. The Morgan fingerprint density at radius 1 is 1.21 bits per heavy atom. The Morgan fingerprint density at radius 3 is 2.88 bits per heavy atom. The van der Waals surface area contributed by atoms with Gasteiger partial charge in [0.05, 0.1) is 17.4 Å². The fourth-order valence-electron chi connectivity index (χ4n) is 2.89. The molecule has 6 nitrogen and oxygen atoms in total. The highest BCUT2D eigenvalue weighted by Crippen LogP contribution is 2.19. The van der Waals surface area contributed by atoms with E-state index in [4.69, 9.17) is 0 Å². The van der Waals surface area contributed by atoms with E-state index in [0.29, 0.717) is 23.6 Å². The predicted molar refractivity (Wildman–Crippen MR) is 87.6 cm³/mol. The van der Waals surface area contributed by atoms with Crippen molar-refractivity contribution < 1.29 is 9.18 Å². The smallest absolute Gasteiger partial charge is 0.258 e. The van der Waals surface area contributed by atoms with Crippen molar-refractivity contribution in [3.8, 4) is 5.69 Å². The lowest BCUT2D eigenvalue weighted by molar-refractivity contribution is 0.102. The fraction of sp³-hybridized carbons (Fsp3) is 0.176. The van der Waals surface area contributed by atoms with Gasteiger partial charge in [-0.3, -0.25) is 4.79 Å². The van der Waals surface area contributed by atoms with Gasteiger partial charge < -0.3 is 15.2 Å². The SMILES string of the molecule is O=C(Nc1ccnn1-c1ccc(F)cc1)c1ccn2c1CNCC2. The van der Waals surface area contributed by atoms with Crippen LogP contribution in [0.1, 0.15) is 16.1 Å². The molecule has 1 aromatic carbocycles. The third-order valence-electron chi connectivity index (χ3n) is 4.10. The zero-order valence-electron chi connectivity index (χ0n) is 12.9. The van der Waals surface area contributed by atoms with E-state index in [1.165, 1.54) is 12.1 Å². The lowest BCUT2D eigenvalue weighted by Crippen LogP contribution is -2.29. The standard InChI is InChI=1S/C17H16FN5O/c18-12-1-3-13(4-2-12)23-16(5-7-20-23)21-17(24)14-6-9-22-10-8-19-11-15(14)22/h1-7,9,19H,8,10-11H2,(H,21,24). The predicted octanol–water partition coefficient (Wildman–Crippen LogP) is 2.17. The van der Waals surface area contributed by atoms with E-state index in [9.17, 15) is 9.18 Å². The summed E-state index contributed by atoms with van der Waals surface area (Å²) in [7, 11) is 0. The van der Waals surface area contributed by atoms with Crippen LogP contribution >= 0.6 is 0 Å². The first-order valence-electron chi connectivity index (χ1n) is 7.72. The molecule has 0 radical (unpaired) electrons. The first-order valence-corrected chi connectivity index (χ1v) is 7.72. The summed E-state index contributed by atoms with van der Waals surface area (Å²) >= 11 is 0. The molecule has 0 spiro atoms. The summed E-state index contributed by atoms with van der Waals surface area (Å²) in [5, 5.41) is 10.4. The molecule has 7 heteroatoms. The van der Waals surface area contributed by atoms with Crippen molar-refractivity contribution in [1.29, 1.82) is 0 Å². The van der Waals surface area contributed by atoms with E-state index >= 15 is 0 Å². The molecule has 122 valence electrons. The van der Waals surface area contributed by atoms with Crippen molar-refractivity contribution >= 4 is 11.7 Å². The maximum absolute atomic E-state index is 13.1. The van der Waals surface area contributed by atoms with Crippen LogP contribution in [0.4, 0.5) is 10.2 Å². The molecule has 0 saturated heterocycles. The number of carbonyl (C=O) groups excluding carboxylic acids is 1. The lowest BCUT2D eigenvalue weighted by atomic mass is 10.2. The zero-order chi connectivity index (χ0) is 16.5. The molecule has 2 aromatic heterocycles. The third-order valence-corrected chi connectivity index (χ3v) is 4.10. The van der Waals surface area contributed by atoms with E-state index in [0.717, 1.165) is 18.8 Å². The number of hydrogen-bond acceptors (Lipinski definition) is 3. The second-order valence-electron chi connectivity index (χ2n) is 5.61. The summed E-state index contributed by atoms with van der Waals surface area (Å²) in [4.78, 5) is 12.6. The molecule has 0 saturated carbocycles. The van der Waals surface area contributed by atoms with Crippen LogP contribution in [0.2, 0.25) is 0 Å². The Balaban J connectivity index is 1.60. The largest absolute Gasteiger partial charge is 0.348 e. The van der Waals surface area contributed by atoms with Gasteiger partial charge in [0.25, 0.3) is 5.91 Å². The number of fused-ring (bicyclic) bond motifs is 1. The van der Waals surface area contributed by atoms with Crippen LogP contribution in [0.5, 0.6) is 0 Å². The maximum atomic E-state index is 13.1. The highest BCUT2D eigenvalue weighted by Gasteiger charge is 2.19. The van der Waals surface area contributed by atoms with Crippen molar-refractivity contribution in [3.63, 3.8) is 0 Å². The molecule has 1 aliphatic heterocycles. The van der Waals surface area contributed by atoms with Crippen molar-refractivity contribution in [3.05, 3.63) is 65.9 Å². The summed E-state index contributed by atoms with van der Waals surface area (Å²) in [6, 6.07) is 9.49. The van der Waals surface area contributed by atoms with Gasteiger partial charge in [0.15, 0.2) is 0 Å². The topological polar surface area (TPSA) is 63.9 Å². The summed E-state index contributed by atoms with van der Waals surface area (Å²) in [6.07, 6.45) is 3.53. The first-order chi connectivity index (χ1) is 11.7. The van der Waals surface area contributed by atoms with Crippen molar-refractivity contribution in [2.24, 2.45) is 0 Å². The van der Waals surface area contributed by atoms with Crippen LogP contribution < -0.4 is 10.6 Å². The van der Waals surface area contributed by atoms with Crippen molar-refractivity contribution in [2.45, 2.75) is 13.1 Å². The fourth-order valence-corrected chi connectivity index (χ4v) is 2.89. The molecule has 0 fully saturated rings. The van der Waals surface area contributed by atoms with Crippen LogP contribution in [0.3, 0.4) is 0 Å². The first kappa shape index (κ1) is 14.6. The zero-order valence-corrected chi connectivity index (χ0v) is 12.9. The van der Waals surface area contributed by atoms with E-state index in [2.05, 4.69) is 20.3 Å². The minimum atomic E-state index is -0.315. The molecule has 3 heterocycles. The minimum Gasteiger partial charge on any atom is -0.348 e. The number of nitrogens with zero attached hydrogens (tertiary/aromatic N) is 3. The van der Waals surface area contributed by atoms with Gasteiger partial charge in [0.1, 0.15) is 11.6 Å². The van der Waals surface area contributed by atoms with Gasteiger partial charge in [0, 0.05) is 37.6 Å². The molecule has 1 aliphatic rings. The van der Waals surface area contributed by atoms with Gasteiger partial charge in [-0.25, -0.2) is 9.07 Å². The van der Waals surface area contributed by atoms with E-state index < -0.39 is 0 Å². The molecule has 0 unspecified atom stereocenters. The number of benzene rings is 1. The van der Waals surface area contributed by atoms with Gasteiger partial charge in [-0.1, -0.05) is 0 Å². The highest BCUT2D eigenvalue weighted by molar-refractivity contribution is 6.04. The van der Waals surface area contributed by atoms with E-state index in [1.54, 1.807) is 29.1 Å². The van der Waals surface area contributed by atoms with Crippen molar-refractivity contribution in [1.82, 2.24) is 19.7 Å². The average Bonchev–Trinajstić information content (AvgIpc) is 3.22. The summed E-state index contributed by atoms with van der Waals surface area (Å²) in [5.74, 6) is 0.0380. The monoisotopic (exact) mass is 325 g/mol. The number of carbonyl (C=O) groups is 1. The Hall–Kier alpha value is -2.93. The van der Waals surface area contributed by atoms with Gasteiger partial charge >= 0.3 is 0 Å². The van der Waals surface area contributed by atoms with Gasteiger partial charge in [0.2, 0.25) is 0 Å². The van der Waals surface area contributed by atoms with Crippen LogP contribution in [0.25, 0.3) is 5.69 Å². The Bertz CT molecular complexity index is 881. The number of halogens is 1. The van der Waals surface area contributed by atoms with Crippen LogP contribution in [0, 0.1) is 5.82 Å². The van der Waals surface area contributed by atoms with Gasteiger partial charge in [-0.2, -0.15) is 5.10 Å². The number of rotatable bonds is 3. The molecular weight excluding hydrogens is 309 g/mol. The molecule has 0 bridgehead atoms. The summed E-state index contributed by atoms with van der Waals surface area (Å²) in [5.41, 5.74) is 2.30. The molecule has 0 aliphatic carbocycles. The lowest BCUT2D eigenvalue weighted by Gasteiger charge is -2.17. The second-order valence-corrected chi connectivity index (χ2v) is 5.61. The Kier molecular flexibility index (Phi) is 3.62. The Labute approximate surface area is 137 Å². The summed E-state index contributed by atoms with van der Waals surface area (Å²) < 4.78 is 16.7. The number of amides is 1. The quantitative estimate of drug-likeness (QED) is 0.776. The molecule has 3 aromatic rings. The Morgan fingerprint density at radius 2 is 2.04 bits per heavy atom. The molecule has 1 amide bonds. The van der Waals surface area contributed by atoms with Crippen LogP contribution in [-0.2, 0) is 13.1 Å². The third kappa shape index (κ3) is 2.59. The van der Waals surface area contributed by atoms with Gasteiger partial charge in [-0.15, -0.1) is 0 Å². The maximum Gasteiger partial charge on any atom is 0.258 e. The highest BCUT2D eigenvalue weighted by atomic mass is 19.1. The molecule has 4 rings (SSSR count). The minimum absolute atomic E-state index is 0.184. The number of aromatic nitrogens is 3. The molecule has 24 heavy (non-hydrogen) atoms. The van der Waals surface area contributed by atoms with Crippen LogP contribution in [-0.4, -0.2) is 26.8 Å². The normalized spacial score (nSPS) is 13.5. The van der Waals surface area contributed by atoms with Gasteiger partial charge in [-0.05, 0) is 30.3 Å². The number of hydrogen-bond donors (Lipinski definition) is 2. The van der Waals surface area contributed by atoms with Crippen molar-refractivity contribution in [2.75, 3.05) is 11.9 Å². The van der Waals surface area contributed by atoms with E-state index in [-0.39, 0.29) is 11.7 Å². The summed E-state index contributed by atoms with van der Waals surface area (Å²) in [6.45, 7) is 2.43. The molecule has 0 atom stereocenters. The number of nitrogens with one attached hydrogen (secondary N) is 2. The average molecular weight is 325 g/mol. The van der Waals surface area contributed by atoms with Crippen LogP contribution in [0.15, 0.2) is 48.8 Å². The van der Waals surface area contributed by atoms with E-state index in [1.807, 2.05) is 12.3 Å². The number of anilines is 1. The molecular formula is C17H16FN5O. The molecule has 2 N–H and O–H groups in total.